The molecule has 1 aliphatic heterocycles. The maximum atomic E-state index is 13.8. The average molecular weight is 619 g/mol. The number of ketones is 1. The molecule has 0 spiro atoms. The van der Waals surface area contributed by atoms with E-state index in [-0.39, 0.29) is 43.0 Å². The summed E-state index contributed by atoms with van der Waals surface area (Å²) >= 11 is 3.31. The summed E-state index contributed by atoms with van der Waals surface area (Å²) in [7, 11) is -3.71. The lowest BCUT2D eigenvalue weighted by atomic mass is 10.00. The van der Waals surface area contributed by atoms with Crippen molar-refractivity contribution in [3.63, 3.8) is 0 Å². The van der Waals surface area contributed by atoms with E-state index in [1.54, 1.807) is 18.2 Å². The third-order valence-corrected chi connectivity index (χ3v) is 8.45. The Morgan fingerprint density at radius 3 is 2.59 bits per heavy atom. The van der Waals surface area contributed by atoms with Crippen molar-refractivity contribution < 1.29 is 27.0 Å². The lowest BCUT2D eigenvalue weighted by Crippen LogP contribution is -2.47. The van der Waals surface area contributed by atoms with Crippen molar-refractivity contribution >= 4 is 60.4 Å². The average Bonchev–Trinajstić information content (AvgIpc) is 3.25. The molecular formula is C26H28BrN5O6S. The van der Waals surface area contributed by atoms with E-state index in [4.69, 9.17) is 4.18 Å². The first kappa shape index (κ1) is 27.4. The molecule has 13 heteroatoms. The van der Waals surface area contributed by atoms with E-state index in [0.717, 1.165) is 17.4 Å². The normalized spacial score (nSPS) is 22.1. The van der Waals surface area contributed by atoms with Crippen LogP contribution in [0.15, 0.2) is 34.9 Å². The van der Waals surface area contributed by atoms with Crippen molar-refractivity contribution in [1.29, 1.82) is 0 Å². The summed E-state index contributed by atoms with van der Waals surface area (Å²) in [6.45, 7) is 4.81. The van der Waals surface area contributed by atoms with Crippen molar-refractivity contribution in [2.45, 2.75) is 52.2 Å². The SMILES string of the molecule is CC(=O)c1nn(CC(=O)N2[C@H](C(=O)Nc3nc(Br)ccc3C)C[C@@]3(COS(C)(=O)=O)C[C@@H]23)c2c(C)cccc12. The quantitative estimate of drug-likeness (QED) is 0.231. The molecule has 1 aliphatic carbocycles. The van der Waals surface area contributed by atoms with Crippen molar-refractivity contribution in [2.24, 2.45) is 5.41 Å². The number of halogens is 1. The first-order chi connectivity index (χ1) is 18.3. The lowest BCUT2D eigenvalue weighted by Gasteiger charge is -2.27. The number of likely N-dealkylation sites (tertiary alicyclic amines) is 1. The van der Waals surface area contributed by atoms with Gasteiger partial charge < -0.3 is 10.2 Å². The Balaban J connectivity index is 1.46. The molecule has 3 aromatic rings. The summed E-state index contributed by atoms with van der Waals surface area (Å²) < 4.78 is 30.6. The highest BCUT2D eigenvalue weighted by Crippen LogP contribution is 2.60. The van der Waals surface area contributed by atoms with Crippen LogP contribution in [0.5, 0.6) is 0 Å². The molecule has 5 rings (SSSR count). The van der Waals surface area contributed by atoms with E-state index in [1.807, 2.05) is 26.0 Å². The third-order valence-electron chi connectivity index (χ3n) is 7.46. The van der Waals surface area contributed by atoms with Gasteiger partial charge >= 0.3 is 0 Å². The number of nitrogens with one attached hydrogen (secondary N) is 1. The van der Waals surface area contributed by atoms with Gasteiger partial charge in [0.2, 0.25) is 11.8 Å². The molecule has 2 aliphatic rings. The van der Waals surface area contributed by atoms with E-state index in [0.29, 0.717) is 27.7 Å². The molecule has 3 atom stereocenters. The Hall–Kier alpha value is -3.16. The van der Waals surface area contributed by atoms with E-state index in [2.05, 4.69) is 31.3 Å². The summed E-state index contributed by atoms with van der Waals surface area (Å²) in [5.41, 5.74) is 1.91. The van der Waals surface area contributed by atoms with Gasteiger partial charge in [-0.2, -0.15) is 13.5 Å². The fraction of sp³-hybridized carbons (Fsp3) is 0.423. The Morgan fingerprint density at radius 2 is 1.90 bits per heavy atom. The minimum absolute atomic E-state index is 0.115. The third kappa shape index (κ3) is 5.22. The molecule has 0 unspecified atom stereocenters. The first-order valence-corrected chi connectivity index (χ1v) is 15.0. The molecule has 39 heavy (non-hydrogen) atoms. The predicted octanol–water partition coefficient (Wildman–Crippen LogP) is 2.99. The van der Waals surface area contributed by atoms with E-state index in [1.165, 1.54) is 16.5 Å². The zero-order valence-electron chi connectivity index (χ0n) is 21.9. The largest absolute Gasteiger partial charge is 0.325 e. The van der Waals surface area contributed by atoms with Gasteiger partial charge in [0, 0.05) is 23.8 Å². The minimum Gasteiger partial charge on any atom is -0.325 e. The van der Waals surface area contributed by atoms with Crippen LogP contribution in [0.1, 0.15) is 41.4 Å². The number of carbonyl (C=O) groups excluding carboxylic acids is 3. The van der Waals surface area contributed by atoms with Crippen LogP contribution in [-0.4, -0.2) is 70.6 Å². The smallest absolute Gasteiger partial charge is 0.264 e. The van der Waals surface area contributed by atoms with Gasteiger partial charge in [-0.05, 0) is 59.8 Å². The van der Waals surface area contributed by atoms with Crippen LogP contribution in [0.25, 0.3) is 10.9 Å². The molecular weight excluding hydrogens is 590 g/mol. The Labute approximate surface area is 234 Å². The molecule has 1 aromatic carbocycles. The number of aryl methyl sites for hydroxylation is 2. The fourth-order valence-corrected chi connectivity index (χ4v) is 6.24. The number of anilines is 1. The fourth-order valence-electron chi connectivity index (χ4n) is 5.48. The van der Waals surface area contributed by atoms with E-state index in [9.17, 15) is 22.8 Å². The standard InChI is InChI=1S/C26H28BrN5O6S/c1-14-6-5-7-17-22(16(3)33)30-31(23(14)17)12-21(34)32-18(10-26(11-19(26)32)13-38-39(4,36)37)25(35)29-24-15(2)8-9-20(27)28-24/h5-9,18-19H,10-13H2,1-4H3,(H,28,29,35)/t18-,19+,26-/m0/s1. The molecule has 11 nitrogen and oxygen atoms in total. The number of pyridine rings is 1. The molecule has 0 radical (unpaired) electrons. The number of rotatable bonds is 8. The van der Waals surface area contributed by atoms with Crippen molar-refractivity contribution in [3.8, 4) is 0 Å². The lowest BCUT2D eigenvalue weighted by molar-refractivity contribution is -0.138. The van der Waals surface area contributed by atoms with Gasteiger partial charge in [-0.3, -0.25) is 23.2 Å². The highest BCUT2D eigenvalue weighted by Gasteiger charge is 2.67. The number of benzene rings is 1. The van der Waals surface area contributed by atoms with Crippen molar-refractivity contribution in [1.82, 2.24) is 19.7 Å². The number of hydrogen-bond donors (Lipinski definition) is 1. The number of Topliss-reactive ketones (excluding diaryl/α,β-unsaturated/α-hetero) is 1. The van der Waals surface area contributed by atoms with Crippen LogP contribution in [0.3, 0.4) is 0 Å². The molecule has 3 heterocycles. The summed E-state index contributed by atoms with van der Waals surface area (Å²) in [4.78, 5) is 45.5. The number of para-hydroxylation sites is 1. The number of amides is 2. The van der Waals surface area contributed by atoms with Gasteiger partial charge in [0.15, 0.2) is 5.78 Å². The Kier molecular flexibility index (Phi) is 6.88. The van der Waals surface area contributed by atoms with Crippen molar-refractivity contribution in [3.05, 3.63) is 51.8 Å². The molecule has 0 bridgehead atoms. The van der Waals surface area contributed by atoms with Gasteiger partial charge in [-0.1, -0.05) is 24.3 Å². The van der Waals surface area contributed by atoms with Crippen molar-refractivity contribution in [2.75, 3.05) is 18.2 Å². The Morgan fingerprint density at radius 1 is 1.15 bits per heavy atom. The molecule has 1 saturated heterocycles. The highest BCUT2D eigenvalue weighted by atomic mass is 79.9. The maximum Gasteiger partial charge on any atom is 0.264 e. The zero-order chi connectivity index (χ0) is 28.3. The number of hydrogen-bond acceptors (Lipinski definition) is 8. The van der Waals surface area contributed by atoms with Crippen LogP contribution in [-0.2, 0) is 30.4 Å². The summed E-state index contributed by atoms with van der Waals surface area (Å²) in [5, 5.41) is 7.93. The van der Waals surface area contributed by atoms with Crippen LogP contribution < -0.4 is 5.32 Å². The van der Waals surface area contributed by atoms with Crippen LogP contribution >= 0.6 is 15.9 Å². The van der Waals surface area contributed by atoms with Gasteiger partial charge in [-0.15, -0.1) is 0 Å². The predicted molar refractivity (Wildman–Crippen MR) is 147 cm³/mol. The van der Waals surface area contributed by atoms with Crippen LogP contribution in [0.4, 0.5) is 5.82 Å². The number of carbonyl (C=O) groups is 3. The second-order valence-corrected chi connectivity index (χ2v) is 12.8. The molecule has 206 valence electrons. The van der Waals surface area contributed by atoms with Crippen LogP contribution in [0, 0.1) is 19.3 Å². The van der Waals surface area contributed by atoms with Crippen LogP contribution in [0.2, 0.25) is 0 Å². The highest BCUT2D eigenvalue weighted by molar-refractivity contribution is 9.10. The topological polar surface area (TPSA) is 141 Å². The monoisotopic (exact) mass is 617 g/mol. The zero-order valence-corrected chi connectivity index (χ0v) is 24.3. The molecule has 2 amide bonds. The van der Waals surface area contributed by atoms with E-state index >= 15 is 0 Å². The minimum atomic E-state index is -3.71. The number of aromatic nitrogens is 3. The Bertz CT molecular complexity index is 1640. The molecule has 1 N–H and O–H groups in total. The molecule has 1 saturated carbocycles. The number of nitrogens with zero attached hydrogens (tertiary/aromatic N) is 4. The number of piperidine rings is 1. The van der Waals surface area contributed by atoms with Gasteiger partial charge in [-0.25, -0.2) is 4.98 Å². The summed E-state index contributed by atoms with van der Waals surface area (Å²) in [5.74, 6) is -0.635. The van der Waals surface area contributed by atoms with E-state index < -0.39 is 27.5 Å². The van der Waals surface area contributed by atoms with Gasteiger partial charge in [0.05, 0.1) is 18.4 Å². The molecule has 2 aromatic heterocycles. The molecule has 2 fully saturated rings. The summed E-state index contributed by atoms with van der Waals surface area (Å²) in [6.07, 6.45) is 1.74. The second kappa shape index (κ2) is 9.79. The first-order valence-electron chi connectivity index (χ1n) is 12.4. The van der Waals surface area contributed by atoms with Gasteiger partial charge in [0.1, 0.15) is 28.7 Å². The summed E-state index contributed by atoms with van der Waals surface area (Å²) in [6, 6.07) is 7.83. The van der Waals surface area contributed by atoms with Gasteiger partial charge in [0.25, 0.3) is 10.1 Å². The number of fused-ring (bicyclic) bond motifs is 2. The second-order valence-electron chi connectivity index (χ2n) is 10.4. The maximum absolute atomic E-state index is 13.8.